The lowest BCUT2D eigenvalue weighted by atomic mass is 10.0. The third-order valence-electron chi connectivity index (χ3n) is 4.46. The van der Waals surface area contributed by atoms with Crippen LogP contribution in [0.4, 0.5) is 0 Å². The van der Waals surface area contributed by atoms with Gasteiger partial charge in [0.25, 0.3) is 5.56 Å². The molecule has 5 nitrogen and oxygen atoms in total. The Labute approximate surface area is 141 Å². The van der Waals surface area contributed by atoms with Crippen molar-refractivity contribution < 1.29 is 4.74 Å². The number of rotatable bonds is 1. The molecular weight excluding hydrogens is 358 g/mol. The normalized spacial score (nSPS) is 21.8. The van der Waals surface area contributed by atoms with Crippen LogP contribution in [-0.2, 0) is 4.74 Å². The van der Waals surface area contributed by atoms with E-state index in [1.54, 1.807) is 10.9 Å². The third-order valence-corrected chi connectivity index (χ3v) is 5.12. The molecular formula is C17H16BrN3O2. The molecule has 1 aliphatic heterocycles. The smallest absolute Gasteiger partial charge is 0.261 e. The molecule has 0 saturated carbocycles. The van der Waals surface area contributed by atoms with E-state index >= 15 is 0 Å². The van der Waals surface area contributed by atoms with Gasteiger partial charge in [0.05, 0.1) is 29.9 Å². The lowest BCUT2D eigenvalue weighted by Gasteiger charge is -2.30. The molecule has 2 aromatic carbocycles. The first-order valence-electron chi connectivity index (χ1n) is 7.58. The number of fused-ring (bicyclic) bond motifs is 3. The van der Waals surface area contributed by atoms with Crippen LogP contribution in [0.1, 0.15) is 12.5 Å². The number of ether oxygens (including phenoxy) is 1. The zero-order valence-corrected chi connectivity index (χ0v) is 14.0. The molecule has 1 saturated heterocycles. The summed E-state index contributed by atoms with van der Waals surface area (Å²) in [6, 6.07) is 9.52. The Bertz CT molecular complexity index is 954. The van der Waals surface area contributed by atoms with Crippen molar-refractivity contribution in [2.24, 2.45) is 5.73 Å². The van der Waals surface area contributed by atoms with E-state index in [9.17, 15) is 4.79 Å². The van der Waals surface area contributed by atoms with Crippen LogP contribution in [0.2, 0.25) is 0 Å². The summed E-state index contributed by atoms with van der Waals surface area (Å²) in [7, 11) is 0. The van der Waals surface area contributed by atoms with Gasteiger partial charge in [0.1, 0.15) is 0 Å². The van der Waals surface area contributed by atoms with Crippen LogP contribution in [0.5, 0.6) is 0 Å². The average molecular weight is 374 g/mol. The fourth-order valence-electron chi connectivity index (χ4n) is 3.26. The first-order chi connectivity index (χ1) is 11.2. The topological polar surface area (TPSA) is 70.1 Å². The van der Waals surface area contributed by atoms with Crippen molar-refractivity contribution >= 4 is 37.6 Å². The van der Waals surface area contributed by atoms with Crippen LogP contribution in [0, 0.1) is 0 Å². The van der Waals surface area contributed by atoms with Crippen molar-refractivity contribution in [3.63, 3.8) is 0 Å². The quantitative estimate of drug-likeness (QED) is 0.665. The van der Waals surface area contributed by atoms with E-state index in [-0.39, 0.29) is 17.6 Å². The molecule has 0 amide bonds. The van der Waals surface area contributed by atoms with Crippen LogP contribution in [0.15, 0.2) is 45.9 Å². The molecule has 23 heavy (non-hydrogen) atoms. The van der Waals surface area contributed by atoms with Gasteiger partial charge in [-0.3, -0.25) is 9.36 Å². The minimum atomic E-state index is -0.190. The van der Waals surface area contributed by atoms with Gasteiger partial charge in [0, 0.05) is 22.5 Å². The molecule has 2 atom stereocenters. The van der Waals surface area contributed by atoms with Gasteiger partial charge >= 0.3 is 0 Å². The fraction of sp³-hybridized carbons (Fsp3) is 0.294. The highest BCUT2D eigenvalue weighted by molar-refractivity contribution is 9.10. The van der Waals surface area contributed by atoms with Gasteiger partial charge < -0.3 is 10.5 Å². The highest BCUT2D eigenvalue weighted by atomic mass is 79.9. The third kappa shape index (κ3) is 2.38. The summed E-state index contributed by atoms with van der Waals surface area (Å²) < 4.78 is 7.93. The van der Waals surface area contributed by atoms with Crippen molar-refractivity contribution in [1.82, 2.24) is 9.55 Å². The molecule has 3 aromatic rings. The van der Waals surface area contributed by atoms with Crippen LogP contribution < -0.4 is 11.3 Å². The molecule has 1 unspecified atom stereocenters. The number of hydrogen-bond donors (Lipinski definition) is 1. The van der Waals surface area contributed by atoms with Crippen LogP contribution >= 0.6 is 15.9 Å². The predicted octanol–water partition coefficient (Wildman–Crippen LogP) is 2.60. The van der Waals surface area contributed by atoms with Crippen molar-refractivity contribution in [3.8, 4) is 0 Å². The van der Waals surface area contributed by atoms with E-state index in [4.69, 9.17) is 10.5 Å². The summed E-state index contributed by atoms with van der Waals surface area (Å²) in [6.45, 7) is 1.08. The Morgan fingerprint density at radius 3 is 2.83 bits per heavy atom. The van der Waals surface area contributed by atoms with Crippen LogP contribution in [0.25, 0.3) is 21.7 Å². The molecule has 0 spiro atoms. The van der Waals surface area contributed by atoms with E-state index in [0.717, 1.165) is 27.2 Å². The molecule has 0 bridgehead atoms. The molecule has 0 radical (unpaired) electrons. The molecule has 4 rings (SSSR count). The number of nitrogens with two attached hydrogens (primary N) is 1. The number of benzene rings is 2. The minimum absolute atomic E-state index is 0.0520. The monoisotopic (exact) mass is 373 g/mol. The summed E-state index contributed by atoms with van der Waals surface area (Å²) in [5.41, 5.74) is 6.80. The molecule has 0 aliphatic carbocycles. The fourth-order valence-corrected chi connectivity index (χ4v) is 3.83. The zero-order chi connectivity index (χ0) is 16.0. The van der Waals surface area contributed by atoms with Crippen LogP contribution in [0.3, 0.4) is 0 Å². The van der Waals surface area contributed by atoms with Gasteiger partial charge in [0.15, 0.2) is 0 Å². The maximum atomic E-state index is 13.0. The standard InChI is InChI=1S/C17H16BrN3O2/c18-13-7-12-16(11-4-2-1-3-10(11)13)20-9-21(17(12)22)15-5-6-23-8-14(15)19/h1-4,7,9,14-15H,5-6,8,19H2/t14?,15-/m0/s1. The van der Waals surface area contributed by atoms with Gasteiger partial charge in [0.2, 0.25) is 0 Å². The second-order valence-corrected chi connectivity index (χ2v) is 6.71. The van der Waals surface area contributed by atoms with Crippen molar-refractivity contribution in [2.45, 2.75) is 18.5 Å². The number of halogens is 1. The average Bonchev–Trinajstić information content (AvgIpc) is 2.57. The van der Waals surface area contributed by atoms with E-state index in [1.165, 1.54) is 0 Å². The SMILES string of the molecule is NC1COCC[C@@H]1n1cnc2c(cc(Br)c3ccccc32)c1=O. The number of aromatic nitrogens is 2. The highest BCUT2D eigenvalue weighted by Gasteiger charge is 2.25. The minimum Gasteiger partial charge on any atom is -0.380 e. The lowest BCUT2D eigenvalue weighted by Crippen LogP contribution is -2.44. The Hall–Kier alpha value is -1.76. The second-order valence-electron chi connectivity index (χ2n) is 5.85. The largest absolute Gasteiger partial charge is 0.380 e. The molecule has 2 heterocycles. The lowest BCUT2D eigenvalue weighted by molar-refractivity contribution is 0.0516. The molecule has 1 fully saturated rings. The van der Waals surface area contributed by atoms with Crippen molar-refractivity contribution in [2.75, 3.05) is 13.2 Å². The predicted molar refractivity (Wildman–Crippen MR) is 93.7 cm³/mol. The summed E-state index contributed by atoms with van der Waals surface area (Å²) in [5, 5.41) is 2.63. The van der Waals surface area contributed by atoms with E-state index in [0.29, 0.717) is 18.6 Å². The van der Waals surface area contributed by atoms with Gasteiger partial charge in [-0.25, -0.2) is 4.98 Å². The van der Waals surface area contributed by atoms with E-state index in [2.05, 4.69) is 20.9 Å². The highest BCUT2D eigenvalue weighted by Crippen LogP contribution is 2.29. The summed E-state index contributed by atoms with van der Waals surface area (Å²) in [6.07, 6.45) is 2.35. The first kappa shape index (κ1) is 14.8. The second kappa shape index (κ2) is 5.70. The number of nitrogens with zero attached hydrogens (tertiary/aromatic N) is 2. The van der Waals surface area contributed by atoms with Gasteiger partial charge in [-0.05, 0) is 17.9 Å². The Morgan fingerprint density at radius 2 is 2.04 bits per heavy atom. The summed E-state index contributed by atoms with van der Waals surface area (Å²) >= 11 is 3.56. The maximum Gasteiger partial charge on any atom is 0.261 e. The van der Waals surface area contributed by atoms with Crippen molar-refractivity contribution in [1.29, 1.82) is 0 Å². The molecule has 6 heteroatoms. The van der Waals surface area contributed by atoms with Gasteiger partial charge in [-0.1, -0.05) is 40.2 Å². The van der Waals surface area contributed by atoms with Crippen molar-refractivity contribution in [3.05, 3.63) is 51.5 Å². The van der Waals surface area contributed by atoms with E-state index in [1.807, 2.05) is 30.3 Å². The first-order valence-corrected chi connectivity index (χ1v) is 8.37. The zero-order valence-electron chi connectivity index (χ0n) is 12.4. The van der Waals surface area contributed by atoms with E-state index < -0.39 is 0 Å². The Kier molecular flexibility index (Phi) is 3.67. The Morgan fingerprint density at radius 1 is 1.26 bits per heavy atom. The van der Waals surface area contributed by atoms with Gasteiger partial charge in [-0.2, -0.15) is 0 Å². The Balaban J connectivity index is 1.98. The summed E-state index contributed by atoms with van der Waals surface area (Å²) in [4.78, 5) is 17.5. The summed E-state index contributed by atoms with van der Waals surface area (Å²) in [5.74, 6) is 0. The maximum absolute atomic E-state index is 13.0. The van der Waals surface area contributed by atoms with Crippen LogP contribution in [-0.4, -0.2) is 28.8 Å². The molecule has 1 aromatic heterocycles. The molecule has 2 N–H and O–H groups in total. The number of hydrogen-bond acceptors (Lipinski definition) is 4. The molecule has 118 valence electrons. The molecule has 1 aliphatic rings. The van der Waals surface area contributed by atoms with Gasteiger partial charge in [-0.15, -0.1) is 0 Å².